The number of piperazine rings is 1. The summed E-state index contributed by atoms with van der Waals surface area (Å²) in [5.41, 5.74) is 6.13. The molecule has 6 heteroatoms. The summed E-state index contributed by atoms with van der Waals surface area (Å²) in [4.78, 5) is 16.1. The van der Waals surface area contributed by atoms with Gasteiger partial charge in [0.05, 0.1) is 5.69 Å². The van der Waals surface area contributed by atoms with Crippen LogP contribution in [0.5, 0.6) is 0 Å². The summed E-state index contributed by atoms with van der Waals surface area (Å²) in [5, 5.41) is 0. The van der Waals surface area contributed by atoms with Crippen molar-refractivity contribution in [1.29, 1.82) is 0 Å². The van der Waals surface area contributed by atoms with E-state index in [9.17, 15) is 9.18 Å². The number of nitrogens with two attached hydrogens (primary N) is 1. The van der Waals surface area contributed by atoms with Crippen LogP contribution >= 0.6 is 0 Å². The van der Waals surface area contributed by atoms with Crippen LogP contribution in [0.3, 0.4) is 0 Å². The lowest BCUT2D eigenvalue weighted by Crippen LogP contribution is -2.56. The van der Waals surface area contributed by atoms with Crippen LogP contribution < -0.4 is 10.6 Å². The highest BCUT2D eigenvalue weighted by molar-refractivity contribution is 5.69. The molecule has 0 aliphatic carbocycles. The normalized spacial score (nSPS) is 24.0. The van der Waals surface area contributed by atoms with Crippen molar-refractivity contribution in [3.63, 3.8) is 0 Å². The third-order valence-electron chi connectivity index (χ3n) is 4.38. The molecule has 2 saturated heterocycles. The van der Waals surface area contributed by atoms with Crippen molar-refractivity contribution in [2.75, 3.05) is 23.7 Å². The van der Waals surface area contributed by atoms with Gasteiger partial charge in [0.1, 0.15) is 11.4 Å². The quantitative estimate of drug-likeness (QED) is 0.808. The number of benzene rings is 1. The standard InChI is InChI=1S/C17H24FN3O2/c1-17(2,3)23-16(22)20-9-12-5-6-13(10-20)21(12)15-7-4-11(19)8-14(15)18/h4,7-8,12-13H,5-6,9-10,19H2,1-3H3. The maximum Gasteiger partial charge on any atom is 0.410 e. The molecule has 0 saturated carbocycles. The van der Waals surface area contributed by atoms with E-state index in [-0.39, 0.29) is 24.0 Å². The fourth-order valence-electron chi connectivity index (χ4n) is 3.50. The molecule has 0 radical (unpaired) electrons. The molecule has 2 atom stereocenters. The highest BCUT2D eigenvalue weighted by atomic mass is 19.1. The molecule has 2 heterocycles. The van der Waals surface area contributed by atoms with E-state index in [0.29, 0.717) is 24.5 Å². The van der Waals surface area contributed by atoms with Gasteiger partial charge in [-0.3, -0.25) is 0 Å². The van der Waals surface area contributed by atoms with Crippen molar-refractivity contribution >= 4 is 17.5 Å². The number of nitrogens with zero attached hydrogens (tertiary/aromatic N) is 2. The van der Waals surface area contributed by atoms with Crippen LogP contribution in [0.15, 0.2) is 18.2 Å². The summed E-state index contributed by atoms with van der Waals surface area (Å²) >= 11 is 0. The first-order valence-electron chi connectivity index (χ1n) is 8.06. The van der Waals surface area contributed by atoms with E-state index in [1.165, 1.54) is 6.07 Å². The van der Waals surface area contributed by atoms with E-state index in [2.05, 4.69) is 4.90 Å². The molecule has 126 valence electrons. The fraction of sp³-hybridized carbons (Fsp3) is 0.588. The Hall–Kier alpha value is -1.98. The minimum absolute atomic E-state index is 0.124. The molecular weight excluding hydrogens is 297 g/mol. The van der Waals surface area contributed by atoms with E-state index in [1.807, 2.05) is 20.8 Å². The number of hydrogen-bond acceptors (Lipinski definition) is 4. The van der Waals surface area contributed by atoms with Gasteiger partial charge in [-0.15, -0.1) is 0 Å². The van der Waals surface area contributed by atoms with Crippen LogP contribution in [-0.2, 0) is 4.74 Å². The number of carbonyl (C=O) groups excluding carboxylic acids is 1. The number of fused-ring (bicyclic) bond motifs is 2. The molecule has 2 unspecified atom stereocenters. The van der Waals surface area contributed by atoms with Crippen molar-refractivity contribution in [3.05, 3.63) is 24.0 Å². The average molecular weight is 321 g/mol. The van der Waals surface area contributed by atoms with Crippen molar-refractivity contribution < 1.29 is 13.9 Å². The molecule has 5 nitrogen and oxygen atoms in total. The topological polar surface area (TPSA) is 58.8 Å². The van der Waals surface area contributed by atoms with Crippen LogP contribution in [0.25, 0.3) is 0 Å². The predicted molar refractivity (Wildman–Crippen MR) is 87.9 cm³/mol. The van der Waals surface area contributed by atoms with Gasteiger partial charge in [0, 0.05) is 30.9 Å². The van der Waals surface area contributed by atoms with Gasteiger partial charge < -0.3 is 20.3 Å². The first-order chi connectivity index (χ1) is 10.7. The Morgan fingerprint density at radius 2 is 1.87 bits per heavy atom. The smallest absolute Gasteiger partial charge is 0.410 e. The highest BCUT2D eigenvalue weighted by Gasteiger charge is 2.43. The molecule has 2 N–H and O–H groups in total. The number of hydrogen-bond donors (Lipinski definition) is 1. The minimum Gasteiger partial charge on any atom is -0.444 e. The van der Waals surface area contributed by atoms with Gasteiger partial charge in [0.2, 0.25) is 0 Å². The van der Waals surface area contributed by atoms with Crippen LogP contribution in [0.2, 0.25) is 0 Å². The summed E-state index contributed by atoms with van der Waals surface area (Å²) in [6, 6.07) is 5.06. The Labute approximate surface area is 136 Å². The van der Waals surface area contributed by atoms with Crippen LogP contribution in [0.1, 0.15) is 33.6 Å². The van der Waals surface area contributed by atoms with Gasteiger partial charge in [0.15, 0.2) is 0 Å². The van der Waals surface area contributed by atoms with E-state index >= 15 is 0 Å². The predicted octanol–water partition coefficient (Wildman–Crippen LogP) is 3.00. The zero-order valence-corrected chi connectivity index (χ0v) is 13.9. The van der Waals surface area contributed by atoms with Crippen LogP contribution in [0, 0.1) is 5.82 Å². The number of likely N-dealkylation sites (tertiary alicyclic amines) is 1. The molecule has 0 aromatic heterocycles. The average Bonchev–Trinajstić information content (AvgIpc) is 2.67. The Balaban J connectivity index is 1.76. The lowest BCUT2D eigenvalue weighted by molar-refractivity contribution is 0.0209. The molecule has 1 aromatic carbocycles. The Kier molecular flexibility index (Phi) is 3.86. The van der Waals surface area contributed by atoms with Crippen molar-refractivity contribution in [1.82, 2.24) is 4.90 Å². The minimum atomic E-state index is -0.504. The maximum atomic E-state index is 14.3. The molecule has 1 aromatic rings. The Morgan fingerprint density at radius 1 is 1.26 bits per heavy atom. The summed E-state index contributed by atoms with van der Waals surface area (Å²) in [6.07, 6.45) is 1.62. The number of rotatable bonds is 1. The summed E-state index contributed by atoms with van der Waals surface area (Å²) in [6.45, 7) is 6.71. The lowest BCUT2D eigenvalue weighted by Gasteiger charge is -2.42. The van der Waals surface area contributed by atoms with Gasteiger partial charge in [-0.2, -0.15) is 0 Å². The Morgan fingerprint density at radius 3 is 2.39 bits per heavy atom. The first kappa shape index (κ1) is 15.9. The highest BCUT2D eigenvalue weighted by Crippen LogP contribution is 2.37. The SMILES string of the molecule is CC(C)(C)OC(=O)N1CC2CCC(C1)N2c1ccc(N)cc1F. The molecule has 23 heavy (non-hydrogen) atoms. The van der Waals surface area contributed by atoms with Crippen molar-refractivity contribution in [2.24, 2.45) is 0 Å². The first-order valence-corrected chi connectivity index (χ1v) is 8.06. The number of ether oxygens (including phenoxy) is 1. The molecule has 2 aliphatic heterocycles. The largest absolute Gasteiger partial charge is 0.444 e. The van der Waals surface area contributed by atoms with E-state index < -0.39 is 5.60 Å². The lowest BCUT2D eigenvalue weighted by atomic mass is 10.1. The summed E-state index contributed by atoms with van der Waals surface area (Å²) in [5.74, 6) is -0.299. The van der Waals surface area contributed by atoms with Gasteiger partial charge in [0.25, 0.3) is 0 Å². The van der Waals surface area contributed by atoms with Crippen molar-refractivity contribution in [3.8, 4) is 0 Å². The molecule has 2 bridgehead atoms. The van der Waals surface area contributed by atoms with Crippen LogP contribution in [0.4, 0.5) is 20.6 Å². The Bertz CT molecular complexity index is 600. The van der Waals surface area contributed by atoms with Crippen molar-refractivity contribution in [2.45, 2.75) is 51.3 Å². The second kappa shape index (κ2) is 5.58. The number of amides is 1. The monoisotopic (exact) mass is 321 g/mol. The fourth-order valence-corrected chi connectivity index (χ4v) is 3.50. The molecule has 3 rings (SSSR count). The molecular formula is C17H24FN3O2. The molecule has 2 fully saturated rings. The van der Waals surface area contributed by atoms with Gasteiger partial charge in [-0.25, -0.2) is 9.18 Å². The zero-order valence-electron chi connectivity index (χ0n) is 13.9. The second-order valence-corrected chi connectivity index (χ2v) is 7.39. The summed E-state index contributed by atoms with van der Waals surface area (Å²) < 4.78 is 19.7. The zero-order chi connectivity index (χ0) is 16.8. The van der Waals surface area contributed by atoms with E-state index in [4.69, 9.17) is 10.5 Å². The van der Waals surface area contributed by atoms with Crippen LogP contribution in [-0.4, -0.2) is 41.8 Å². The number of halogens is 1. The molecule has 2 aliphatic rings. The van der Waals surface area contributed by atoms with Gasteiger partial charge >= 0.3 is 6.09 Å². The van der Waals surface area contributed by atoms with Gasteiger partial charge in [-0.05, 0) is 51.8 Å². The number of nitrogen functional groups attached to an aromatic ring is 1. The third-order valence-corrected chi connectivity index (χ3v) is 4.38. The second-order valence-electron chi connectivity index (χ2n) is 7.39. The number of anilines is 2. The molecule has 1 amide bonds. The molecule has 0 spiro atoms. The number of carbonyl (C=O) groups is 1. The van der Waals surface area contributed by atoms with Gasteiger partial charge in [-0.1, -0.05) is 0 Å². The van der Waals surface area contributed by atoms with E-state index in [1.54, 1.807) is 17.0 Å². The van der Waals surface area contributed by atoms with E-state index in [0.717, 1.165) is 12.8 Å². The maximum absolute atomic E-state index is 14.3. The summed E-state index contributed by atoms with van der Waals surface area (Å²) in [7, 11) is 0. The third kappa shape index (κ3) is 3.21.